The number of aromatic nitrogens is 3. The lowest BCUT2D eigenvalue weighted by Crippen LogP contribution is -2.25. The van der Waals surface area contributed by atoms with Crippen LogP contribution in [0.4, 0.5) is 5.95 Å². The van der Waals surface area contributed by atoms with Gasteiger partial charge in [-0.2, -0.15) is 15.0 Å². The average Bonchev–Trinajstić information content (AvgIpc) is 2.79. The van der Waals surface area contributed by atoms with E-state index in [1.165, 1.54) is 0 Å². The highest BCUT2D eigenvalue weighted by atomic mass is 16.5. The van der Waals surface area contributed by atoms with Crippen LogP contribution in [0.15, 0.2) is 24.3 Å². The smallest absolute Gasteiger partial charge is 0.321 e. The van der Waals surface area contributed by atoms with Gasteiger partial charge in [0.25, 0.3) is 5.91 Å². The topological polar surface area (TPSA) is 107 Å². The van der Waals surface area contributed by atoms with E-state index in [9.17, 15) is 4.79 Å². The molecule has 2 aliphatic heterocycles. The molecule has 2 aliphatic rings. The number of anilines is 1. The Bertz CT molecular complexity index is 832. The van der Waals surface area contributed by atoms with E-state index in [1.807, 2.05) is 31.2 Å². The summed E-state index contributed by atoms with van der Waals surface area (Å²) < 4.78 is 16.8. The van der Waals surface area contributed by atoms with E-state index in [0.29, 0.717) is 69.3 Å². The molecule has 9 heteroatoms. The Morgan fingerprint density at radius 1 is 0.875 bits per heavy atom. The molecule has 0 spiro atoms. The van der Waals surface area contributed by atoms with Crippen molar-refractivity contribution in [3.63, 3.8) is 0 Å². The molecule has 2 N–H and O–H groups in total. The third-order valence-corrected chi connectivity index (χ3v) is 4.84. The summed E-state index contributed by atoms with van der Waals surface area (Å²) in [6, 6.07) is 7.78. The molecule has 9 nitrogen and oxygen atoms in total. The zero-order chi connectivity index (χ0) is 22.4. The number of rotatable bonds is 2. The molecule has 174 valence electrons. The van der Waals surface area contributed by atoms with Crippen molar-refractivity contribution in [2.45, 2.75) is 39.0 Å². The largest absolute Gasteiger partial charge is 0.464 e. The van der Waals surface area contributed by atoms with E-state index < -0.39 is 0 Å². The number of amides is 1. The second-order valence-corrected chi connectivity index (χ2v) is 7.49. The lowest BCUT2D eigenvalue weighted by molar-refractivity contribution is 0.0924. The van der Waals surface area contributed by atoms with Gasteiger partial charge in [-0.15, -0.1) is 0 Å². The highest BCUT2D eigenvalue weighted by Gasteiger charge is 2.10. The summed E-state index contributed by atoms with van der Waals surface area (Å²) in [5.74, 6) is 1.01. The molecule has 4 bridgehead atoms. The first-order valence-corrected chi connectivity index (χ1v) is 11.4. The lowest BCUT2D eigenvalue weighted by Gasteiger charge is -2.10. The quantitative estimate of drug-likeness (QED) is 0.729. The summed E-state index contributed by atoms with van der Waals surface area (Å²) in [6.07, 6.45) is 4.08. The average molecular weight is 444 g/mol. The fraction of sp³-hybridized carbons (Fsp3) is 0.565. The van der Waals surface area contributed by atoms with Crippen molar-refractivity contribution in [2.24, 2.45) is 0 Å². The van der Waals surface area contributed by atoms with E-state index in [-0.39, 0.29) is 5.91 Å². The first kappa shape index (κ1) is 23.9. The number of benzene rings is 1. The first-order chi connectivity index (χ1) is 15.7. The zero-order valence-corrected chi connectivity index (χ0v) is 18.8. The molecule has 4 rings (SSSR count). The van der Waals surface area contributed by atoms with E-state index >= 15 is 0 Å². The molecular weight excluding hydrogens is 410 g/mol. The van der Waals surface area contributed by atoms with E-state index in [2.05, 4.69) is 25.6 Å². The standard InChI is InChI=1S/C23H33N5O4/c1-2-32-23-27-20-17-18-7-9-19(10-8-18)21(29)24-11-5-15-30-13-3-4-14-31-16-6-12-25-22(26-20)28-23/h7-10H,2-6,11-17H2,1H3,(H,24,29)(H,25,26,27,28). The fourth-order valence-electron chi connectivity index (χ4n) is 3.17. The Balaban J connectivity index is 1.68. The number of carbonyl (C=O) groups is 1. The molecule has 0 radical (unpaired) electrons. The predicted molar refractivity (Wildman–Crippen MR) is 121 cm³/mol. The molecular formula is C23H33N5O4. The molecule has 1 aromatic carbocycles. The number of nitrogens with one attached hydrogen (secondary N) is 2. The van der Waals surface area contributed by atoms with Gasteiger partial charge >= 0.3 is 6.01 Å². The van der Waals surface area contributed by atoms with Crippen molar-refractivity contribution >= 4 is 11.9 Å². The maximum absolute atomic E-state index is 12.3. The van der Waals surface area contributed by atoms with Crippen LogP contribution >= 0.6 is 0 Å². The SMILES string of the molecule is CCOc1nc2nc(n1)NCCCOCCCCOCCCNC(=O)c1ccc(cc1)C2. The third-order valence-electron chi connectivity index (χ3n) is 4.84. The second-order valence-electron chi connectivity index (χ2n) is 7.49. The van der Waals surface area contributed by atoms with Gasteiger partial charge in [-0.25, -0.2) is 0 Å². The maximum atomic E-state index is 12.3. The molecule has 32 heavy (non-hydrogen) atoms. The van der Waals surface area contributed by atoms with Crippen LogP contribution in [0.1, 0.15) is 54.4 Å². The van der Waals surface area contributed by atoms with E-state index in [0.717, 1.165) is 37.9 Å². The minimum Gasteiger partial charge on any atom is -0.464 e. The molecule has 2 aromatic rings. The molecule has 3 heterocycles. The van der Waals surface area contributed by atoms with E-state index in [4.69, 9.17) is 14.2 Å². The molecule has 0 saturated carbocycles. The highest BCUT2D eigenvalue weighted by Crippen LogP contribution is 2.13. The number of fused-ring (bicyclic) bond motifs is 16. The molecule has 0 unspecified atom stereocenters. The van der Waals surface area contributed by atoms with Crippen molar-refractivity contribution in [3.05, 3.63) is 41.2 Å². The molecule has 1 aromatic heterocycles. The van der Waals surface area contributed by atoms with Crippen molar-refractivity contribution in [3.8, 4) is 6.01 Å². The normalized spacial score (nSPS) is 17.2. The van der Waals surface area contributed by atoms with Crippen molar-refractivity contribution < 1.29 is 19.0 Å². The van der Waals surface area contributed by atoms with Crippen molar-refractivity contribution in [2.75, 3.05) is 51.4 Å². The number of ether oxygens (including phenoxy) is 3. The highest BCUT2D eigenvalue weighted by molar-refractivity contribution is 5.94. The van der Waals surface area contributed by atoms with Crippen LogP contribution in [-0.2, 0) is 15.9 Å². The monoisotopic (exact) mass is 443 g/mol. The van der Waals surface area contributed by atoms with Gasteiger partial charge in [0.15, 0.2) is 0 Å². The summed E-state index contributed by atoms with van der Waals surface area (Å²) >= 11 is 0. The Morgan fingerprint density at radius 3 is 2.22 bits per heavy atom. The van der Waals surface area contributed by atoms with Crippen LogP contribution in [0.5, 0.6) is 6.01 Å². The van der Waals surface area contributed by atoms with Gasteiger partial charge in [-0.1, -0.05) is 12.1 Å². The van der Waals surface area contributed by atoms with E-state index in [1.54, 1.807) is 0 Å². The summed E-state index contributed by atoms with van der Waals surface area (Å²) in [4.78, 5) is 25.6. The number of carbonyl (C=O) groups excluding carboxylic acids is 1. The molecule has 1 amide bonds. The van der Waals surface area contributed by atoms with Crippen LogP contribution in [0, 0.1) is 0 Å². The lowest BCUT2D eigenvalue weighted by atomic mass is 10.1. The second kappa shape index (κ2) is 13.6. The van der Waals surface area contributed by atoms with Crippen LogP contribution in [0.3, 0.4) is 0 Å². The molecule has 0 atom stereocenters. The van der Waals surface area contributed by atoms with Gasteiger partial charge < -0.3 is 24.8 Å². The zero-order valence-electron chi connectivity index (χ0n) is 18.8. The van der Waals surface area contributed by atoms with Crippen LogP contribution in [0.2, 0.25) is 0 Å². The number of hydrogen-bond donors (Lipinski definition) is 2. The van der Waals surface area contributed by atoms with Gasteiger partial charge in [-0.3, -0.25) is 4.79 Å². The molecule has 0 aliphatic carbocycles. The summed E-state index contributed by atoms with van der Waals surface area (Å²) in [6.45, 7) is 6.41. The molecule has 0 saturated heterocycles. The third kappa shape index (κ3) is 8.39. The number of nitrogens with zero attached hydrogens (tertiary/aromatic N) is 3. The van der Waals surface area contributed by atoms with Crippen LogP contribution < -0.4 is 15.4 Å². The predicted octanol–water partition coefficient (Wildman–Crippen LogP) is 2.61. The maximum Gasteiger partial charge on any atom is 0.321 e. The Kier molecular flexibility index (Phi) is 10.1. The summed E-state index contributed by atoms with van der Waals surface area (Å²) in [5.41, 5.74) is 1.63. The minimum absolute atomic E-state index is 0.0858. The first-order valence-electron chi connectivity index (χ1n) is 11.4. The summed E-state index contributed by atoms with van der Waals surface area (Å²) in [7, 11) is 0. The van der Waals surface area contributed by atoms with Gasteiger partial charge in [0.05, 0.1) is 6.61 Å². The van der Waals surface area contributed by atoms with Gasteiger partial charge in [0.2, 0.25) is 5.95 Å². The Labute approximate surface area is 189 Å². The van der Waals surface area contributed by atoms with Crippen molar-refractivity contribution in [1.29, 1.82) is 0 Å². The Morgan fingerprint density at radius 2 is 1.53 bits per heavy atom. The Hall–Kier alpha value is -2.78. The van der Waals surface area contributed by atoms with Gasteiger partial charge in [0, 0.05) is 51.5 Å². The molecule has 0 fully saturated rings. The van der Waals surface area contributed by atoms with Gasteiger partial charge in [0.1, 0.15) is 5.82 Å². The minimum atomic E-state index is -0.0858. The van der Waals surface area contributed by atoms with Gasteiger partial charge in [-0.05, 0) is 50.3 Å². The van der Waals surface area contributed by atoms with Crippen LogP contribution in [0.25, 0.3) is 0 Å². The summed E-state index contributed by atoms with van der Waals surface area (Å²) in [5, 5.41) is 6.17. The fourth-order valence-corrected chi connectivity index (χ4v) is 3.17. The van der Waals surface area contributed by atoms with Crippen molar-refractivity contribution in [1.82, 2.24) is 20.3 Å². The number of hydrogen-bond acceptors (Lipinski definition) is 8. The van der Waals surface area contributed by atoms with Crippen LogP contribution in [-0.4, -0.2) is 67.0 Å².